The van der Waals surface area contributed by atoms with E-state index in [0.29, 0.717) is 37.6 Å². The highest BCUT2D eigenvalue weighted by Crippen LogP contribution is 2.38. The molecule has 1 saturated heterocycles. The molecule has 8 nitrogen and oxygen atoms in total. The zero-order valence-corrected chi connectivity index (χ0v) is 31.0. The van der Waals surface area contributed by atoms with E-state index in [-0.39, 0.29) is 24.0 Å². The fourth-order valence-electron chi connectivity index (χ4n) is 7.70. The molecule has 0 aliphatic carbocycles. The van der Waals surface area contributed by atoms with Crippen molar-refractivity contribution in [3.8, 4) is 5.88 Å². The van der Waals surface area contributed by atoms with Crippen LogP contribution in [-0.4, -0.2) is 67.8 Å². The Morgan fingerprint density at radius 3 is 2.42 bits per heavy atom. The van der Waals surface area contributed by atoms with Crippen LogP contribution in [0.4, 0.5) is 11.5 Å². The molecular weight excluding hydrogens is 649 g/mol. The number of hydrogen-bond donors (Lipinski definition) is 0. The minimum absolute atomic E-state index is 0.0778. The number of carbonyl (C=O) groups is 2. The summed E-state index contributed by atoms with van der Waals surface area (Å²) in [6.07, 6.45) is 23.4. The average molecular weight is 705 g/mol. The van der Waals surface area contributed by atoms with Crippen molar-refractivity contribution in [3.63, 3.8) is 0 Å². The lowest BCUT2D eigenvalue weighted by atomic mass is 9.76. The first-order chi connectivity index (χ1) is 25.5. The van der Waals surface area contributed by atoms with Crippen LogP contribution in [0, 0.1) is 5.41 Å². The number of hydrogen-bond acceptors (Lipinski definition) is 7. The van der Waals surface area contributed by atoms with Crippen LogP contribution in [0.1, 0.15) is 83.1 Å². The van der Waals surface area contributed by atoms with E-state index in [1.165, 1.54) is 21.4 Å². The minimum atomic E-state index is -0.264. The fraction of sp³-hybridized carbons (Fsp3) is 0.477. The lowest BCUT2D eigenvalue weighted by Gasteiger charge is -2.40. The topological polar surface area (TPSA) is 75.2 Å². The van der Waals surface area contributed by atoms with Gasteiger partial charge in [-0.25, -0.2) is 0 Å². The maximum absolute atomic E-state index is 12.9. The van der Waals surface area contributed by atoms with Gasteiger partial charge in [-0.2, -0.15) is 4.98 Å². The molecule has 1 fully saturated rings. The highest BCUT2D eigenvalue weighted by molar-refractivity contribution is 5.95. The highest BCUT2D eigenvalue weighted by Gasteiger charge is 2.33. The number of cyclic esters (lactones) is 1. The standard InChI is InChI=1S/C44H56N4O4/c1-2-3-4-5-6-7-8-9-10-14-26-44(28-29-46-30-32-47(33-31-46)39-20-16-18-36-17-11-12-19-38(36)39)27-15-13-21-42(50)52-35-48-41(49)25-23-37-22-24-40(51-34-44)45-43(37)48/h3-4,6-7,9-12,16-20,22,24H,2,5,8,13-15,21,23,25-35H2,1H3/b4-3-,7-6-,10-9-. The van der Waals surface area contributed by atoms with Crippen LogP contribution < -0.4 is 14.5 Å². The predicted octanol–water partition coefficient (Wildman–Crippen LogP) is 8.81. The van der Waals surface area contributed by atoms with Gasteiger partial charge in [0, 0.05) is 61.6 Å². The molecule has 8 heteroatoms. The third kappa shape index (κ3) is 10.1. The van der Waals surface area contributed by atoms with Gasteiger partial charge < -0.3 is 14.4 Å². The number of aryl methyl sites for hydroxylation is 1. The number of allylic oxidation sites excluding steroid dienone is 6. The molecule has 3 aliphatic rings. The number of nitrogens with zero attached hydrogens (tertiary/aromatic N) is 4. The van der Waals surface area contributed by atoms with Gasteiger partial charge in [0.2, 0.25) is 11.8 Å². The van der Waals surface area contributed by atoms with Crippen molar-refractivity contribution < 1.29 is 19.1 Å². The number of esters is 1. The van der Waals surface area contributed by atoms with Gasteiger partial charge in [0.15, 0.2) is 6.73 Å². The number of carbonyl (C=O) groups excluding carboxylic acids is 2. The van der Waals surface area contributed by atoms with Gasteiger partial charge in [0.05, 0.1) is 6.61 Å². The molecule has 1 unspecified atom stereocenters. The molecule has 0 radical (unpaired) electrons. The zero-order valence-electron chi connectivity index (χ0n) is 31.0. The Bertz CT molecular complexity index is 1720. The third-order valence-electron chi connectivity index (χ3n) is 10.9. The number of benzene rings is 2. The van der Waals surface area contributed by atoms with E-state index >= 15 is 0 Å². The van der Waals surface area contributed by atoms with E-state index in [9.17, 15) is 9.59 Å². The van der Waals surface area contributed by atoms with Crippen LogP contribution >= 0.6 is 0 Å². The number of rotatable bonds is 12. The predicted molar refractivity (Wildman–Crippen MR) is 211 cm³/mol. The number of anilines is 2. The number of fused-ring (bicyclic) bond motifs is 2. The molecule has 1 atom stereocenters. The van der Waals surface area contributed by atoms with Crippen molar-refractivity contribution in [1.29, 1.82) is 0 Å². The van der Waals surface area contributed by atoms with Crippen LogP contribution in [0.3, 0.4) is 0 Å². The van der Waals surface area contributed by atoms with Crippen LogP contribution in [0.25, 0.3) is 10.8 Å². The van der Waals surface area contributed by atoms with Crippen molar-refractivity contribution in [2.24, 2.45) is 5.41 Å². The Kier molecular flexibility index (Phi) is 13.6. The van der Waals surface area contributed by atoms with E-state index < -0.39 is 0 Å². The lowest BCUT2D eigenvalue weighted by molar-refractivity contribution is -0.144. The summed E-state index contributed by atoms with van der Waals surface area (Å²) in [5, 5.41) is 2.60. The Morgan fingerprint density at radius 1 is 0.788 bits per heavy atom. The average Bonchev–Trinajstić information content (AvgIpc) is 3.17. The molecule has 276 valence electrons. The Hall–Kier alpha value is -4.43. The highest BCUT2D eigenvalue weighted by atomic mass is 16.5. The van der Waals surface area contributed by atoms with Gasteiger partial charge in [0.25, 0.3) is 0 Å². The normalized spacial score (nSPS) is 20.9. The van der Waals surface area contributed by atoms with E-state index in [2.05, 4.69) is 95.6 Å². The third-order valence-corrected chi connectivity index (χ3v) is 10.9. The van der Waals surface area contributed by atoms with E-state index in [1.807, 2.05) is 12.1 Å². The molecule has 6 rings (SSSR count). The van der Waals surface area contributed by atoms with Gasteiger partial charge in [-0.15, -0.1) is 0 Å². The first kappa shape index (κ1) is 37.3. The van der Waals surface area contributed by atoms with Crippen LogP contribution in [0.5, 0.6) is 5.88 Å². The van der Waals surface area contributed by atoms with Crippen molar-refractivity contribution in [1.82, 2.24) is 9.88 Å². The summed E-state index contributed by atoms with van der Waals surface area (Å²) < 4.78 is 12.2. The summed E-state index contributed by atoms with van der Waals surface area (Å²) in [7, 11) is 0. The maximum atomic E-state index is 12.9. The van der Waals surface area contributed by atoms with Gasteiger partial charge in [0.1, 0.15) is 5.82 Å². The molecule has 2 aromatic carbocycles. The van der Waals surface area contributed by atoms with Crippen molar-refractivity contribution >= 4 is 34.2 Å². The second-order valence-corrected chi connectivity index (χ2v) is 14.5. The summed E-state index contributed by atoms with van der Waals surface area (Å²) in [4.78, 5) is 37.1. The van der Waals surface area contributed by atoms with Gasteiger partial charge >= 0.3 is 5.97 Å². The fourth-order valence-corrected chi connectivity index (χ4v) is 7.70. The smallest absolute Gasteiger partial charge is 0.307 e. The molecule has 3 aromatic rings. The Morgan fingerprint density at radius 2 is 1.58 bits per heavy atom. The van der Waals surface area contributed by atoms with Crippen molar-refractivity contribution in [3.05, 3.63) is 96.6 Å². The number of aromatic nitrogens is 1. The molecule has 3 aliphatic heterocycles. The van der Waals surface area contributed by atoms with Crippen LogP contribution in [0.15, 0.2) is 91.1 Å². The number of amides is 1. The number of ether oxygens (including phenoxy) is 2. The molecule has 52 heavy (non-hydrogen) atoms. The molecule has 0 N–H and O–H groups in total. The molecule has 1 amide bonds. The zero-order chi connectivity index (χ0) is 36.0. The summed E-state index contributed by atoms with van der Waals surface area (Å²) >= 11 is 0. The SMILES string of the molecule is CC/C=C\C/C=C\C/C=C\CCC1(CCN2CCN(c3cccc4ccccc34)CC2)CCCCC(=O)OCN2C(=O)CCc3ccc(nc32)OC1. The van der Waals surface area contributed by atoms with E-state index in [1.54, 1.807) is 0 Å². The molecule has 1 aromatic heterocycles. The van der Waals surface area contributed by atoms with E-state index in [4.69, 9.17) is 14.5 Å². The molecule has 0 saturated carbocycles. The lowest BCUT2D eigenvalue weighted by Crippen LogP contribution is -2.47. The van der Waals surface area contributed by atoms with Crippen LogP contribution in [-0.2, 0) is 20.7 Å². The quantitative estimate of drug-likeness (QED) is 0.138. The largest absolute Gasteiger partial charge is 0.477 e. The summed E-state index contributed by atoms with van der Waals surface area (Å²) in [5.74, 6) is 0.730. The molecular formula is C44H56N4O4. The summed E-state index contributed by atoms with van der Waals surface area (Å²) in [6, 6.07) is 19.2. The van der Waals surface area contributed by atoms with Crippen molar-refractivity contribution in [2.45, 2.75) is 84.0 Å². The maximum Gasteiger partial charge on any atom is 0.307 e. The van der Waals surface area contributed by atoms with E-state index in [0.717, 1.165) is 96.1 Å². The number of pyridine rings is 1. The van der Waals surface area contributed by atoms with Gasteiger partial charge in [-0.1, -0.05) is 86.2 Å². The summed E-state index contributed by atoms with van der Waals surface area (Å²) in [6.45, 7) is 7.62. The second kappa shape index (κ2) is 18.9. The molecule has 4 heterocycles. The Balaban J connectivity index is 1.16. The molecule has 0 spiro atoms. The van der Waals surface area contributed by atoms with Gasteiger partial charge in [-0.3, -0.25) is 19.4 Å². The van der Waals surface area contributed by atoms with Crippen LogP contribution in [0.2, 0.25) is 0 Å². The minimum Gasteiger partial charge on any atom is -0.477 e. The second-order valence-electron chi connectivity index (χ2n) is 14.5. The first-order valence-electron chi connectivity index (χ1n) is 19.5. The summed E-state index contributed by atoms with van der Waals surface area (Å²) in [5.41, 5.74) is 2.20. The van der Waals surface area contributed by atoms with Gasteiger partial charge in [-0.05, 0) is 87.4 Å². The monoisotopic (exact) mass is 704 g/mol. The van der Waals surface area contributed by atoms with Crippen molar-refractivity contribution in [2.75, 3.05) is 55.9 Å². The number of piperazine rings is 1. The Labute approximate surface area is 310 Å². The molecule has 2 bridgehead atoms. The first-order valence-corrected chi connectivity index (χ1v) is 19.5.